The highest BCUT2D eigenvalue weighted by Gasteiger charge is 2.19. The van der Waals surface area contributed by atoms with Crippen molar-refractivity contribution in [2.75, 3.05) is 13.6 Å². The Kier molecular flexibility index (Phi) is 4.37. The van der Waals surface area contributed by atoms with Crippen molar-refractivity contribution in [3.63, 3.8) is 0 Å². The molecule has 1 fully saturated rings. The van der Waals surface area contributed by atoms with Gasteiger partial charge >= 0.3 is 0 Å². The summed E-state index contributed by atoms with van der Waals surface area (Å²) in [7, 11) is 2.05. The summed E-state index contributed by atoms with van der Waals surface area (Å²) in [6.07, 6.45) is 8.96. The van der Waals surface area contributed by atoms with Crippen LogP contribution in [0.5, 0.6) is 0 Å². The predicted octanol–water partition coefficient (Wildman–Crippen LogP) is 2.59. The van der Waals surface area contributed by atoms with Crippen LogP contribution in [0.25, 0.3) is 0 Å². The molecular formula is C11H21N. The molecule has 0 spiro atoms. The van der Waals surface area contributed by atoms with E-state index in [1.54, 1.807) is 0 Å². The molecule has 12 heavy (non-hydrogen) atoms. The fourth-order valence-electron chi connectivity index (χ4n) is 2.20. The fraction of sp³-hybridized carbons (Fsp3) is 0.818. The zero-order valence-electron chi connectivity index (χ0n) is 8.18. The van der Waals surface area contributed by atoms with Gasteiger partial charge in [-0.25, -0.2) is 0 Å². The summed E-state index contributed by atoms with van der Waals surface area (Å²) < 4.78 is 0. The van der Waals surface area contributed by atoms with Gasteiger partial charge < -0.3 is 5.32 Å². The SMILES string of the molecule is C=CCC1CCC(CNC)CC1. The lowest BCUT2D eigenvalue weighted by atomic mass is 9.80. The van der Waals surface area contributed by atoms with Crippen LogP contribution in [0.2, 0.25) is 0 Å². The molecule has 0 aliphatic heterocycles. The van der Waals surface area contributed by atoms with Crippen molar-refractivity contribution in [2.24, 2.45) is 11.8 Å². The monoisotopic (exact) mass is 167 g/mol. The van der Waals surface area contributed by atoms with Crippen LogP contribution in [0.4, 0.5) is 0 Å². The van der Waals surface area contributed by atoms with Crippen molar-refractivity contribution in [1.29, 1.82) is 0 Å². The van der Waals surface area contributed by atoms with Crippen molar-refractivity contribution in [2.45, 2.75) is 32.1 Å². The molecule has 0 saturated heterocycles. The molecule has 1 rings (SSSR count). The highest BCUT2D eigenvalue weighted by atomic mass is 14.8. The molecule has 0 radical (unpaired) electrons. The van der Waals surface area contributed by atoms with E-state index in [-0.39, 0.29) is 0 Å². The first kappa shape index (κ1) is 9.79. The molecule has 0 unspecified atom stereocenters. The van der Waals surface area contributed by atoms with E-state index in [0.29, 0.717) is 0 Å². The number of allylic oxidation sites excluding steroid dienone is 1. The average Bonchev–Trinajstić information content (AvgIpc) is 2.09. The summed E-state index contributed by atoms with van der Waals surface area (Å²) in [6.45, 7) is 5.01. The fourth-order valence-corrected chi connectivity index (χ4v) is 2.20. The van der Waals surface area contributed by atoms with E-state index < -0.39 is 0 Å². The van der Waals surface area contributed by atoms with Crippen LogP contribution in [0, 0.1) is 11.8 Å². The second kappa shape index (κ2) is 5.36. The van der Waals surface area contributed by atoms with Crippen LogP contribution >= 0.6 is 0 Å². The first-order chi connectivity index (χ1) is 5.86. The van der Waals surface area contributed by atoms with Gasteiger partial charge in [-0.1, -0.05) is 6.08 Å². The maximum atomic E-state index is 3.80. The zero-order chi connectivity index (χ0) is 8.81. The molecule has 0 bridgehead atoms. The van der Waals surface area contributed by atoms with Gasteiger partial charge in [0, 0.05) is 0 Å². The lowest BCUT2D eigenvalue weighted by Crippen LogP contribution is -2.23. The van der Waals surface area contributed by atoms with Crippen LogP contribution in [-0.2, 0) is 0 Å². The third-order valence-corrected chi connectivity index (χ3v) is 2.96. The van der Waals surface area contributed by atoms with Gasteiger partial charge in [0.25, 0.3) is 0 Å². The Bertz CT molecular complexity index is 123. The van der Waals surface area contributed by atoms with Crippen LogP contribution in [-0.4, -0.2) is 13.6 Å². The number of hydrogen-bond donors (Lipinski definition) is 1. The minimum atomic E-state index is 0.940. The Hall–Kier alpha value is -0.300. The topological polar surface area (TPSA) is 12.0 Å². The van der Waals surface area contributed by atoms with Gasteiger partial charge in [-0.2, -0.15) is 0 Å². The van der Waals surface area contributed by atoms with Gasteiger partial charge in [0.1, 0.15) is 0 Å². The molecule has 1 heteroatoms. The summed E-state index contributed by atoms with van der Waals surface area (Å²) in [6, 6.07) is 0. The molecule has 1 nitrogen and oxygen atoms in total. The van der Waals surface area contributed by atoms with E-state index in [2.05, 4.69) is 25.0 Å². The van der Waals surface area contributed by atoms with Crippen LogP contribution < -0.4 is 5.32 Å². The number of nitrogens with one attached hydrogen (secondary N) is 1. The minimum absolute atomic E-state index is 0.940. The number of rotatable bonds is 4. The zero-order valence-corrected chi connectivity index (χ0v) is 8.18. The molecule has 0 aromatic rings. The van der Waals surface area contributed by atoms with E-state index in [1.807, 2.05) is 0 Å². The lowest BCUT2D eigenvalue weighted by Gasteiger charge is -2.27. The van der Waals surface area contributed by atoms with Gasteiger partial charge in [-0.05, 0) is 57.5 Å². The maximum absolute atomic E-state index is 3.80. The summed E-state index contributed by atoms with van der Waals surface area (Å²) in [5.41, 5.74) is 0. The maximum Gasteiger partial charge on any atom is -0.00235 e. The molecule has 0 aromatic heterocycles. The molecule has 1 N–H and O–H groups in total. The molecule has 1 aliphatic rings. The Morgan fingerprint density at radius 3 is 2.33 bits per heavy atom. The summed E-state index contributed by atoms with van der Waals surface area (Å²) >= 11 is 0. The first-order valence-electron chi connectivity index (χ1n) is 5.12. The van der Waals surface area contributed by atoms with E-state index in [0.717, 1.165) is 11.8 Å². The van der Waals surface area contributed by atoms with E-state index >= 15 is 0 Å². The first-order valence-corrected chi connectivity index (χ1v) is 5.12. The highest BCUT2D eigenvalue weighted by molar-refractivity contribution is 4.79. The standard InChI is InChI=1S/C11H21N/c1-3-4-10-5-7-11(8-6-10)9-12-2/h3,10-12H,1,4-9H2,2H3. The lowest BCUT2D eigenvalue weighted by molar-refractivity contribution is 0.273. The van der Waals surface area contributed by atoms with Gasteiger partial charge in [-0.3, -0.25) is 0 Å². The summed E-state index contributed by atoms with van der Waals surface area (Å²) in [5.74, 6) is 1.88. The minimum Gasteiger partial charge on any atom is -0.319 e. The smallest absolute Gasteiger partial charge is 0.00235 e. The Morgan fingerprint density at radius 1 is 1.25 bits per heavy atom. The molecule has 1 saturated carbocycles. The van der Waals surface area contributed by atoms with Gasteiger partial charge in [0.05, 0.1) is 0 Å². The third-order valence-electron chi connectivity index (χ3n) is 2.96. The Labute approximate surface area is 76.2 Å². The van der Waals surface area contributed by atoms with E-state index in [9.17, 15) is 0 Å². The normalized spacial score (nSPS) is 30.1. The van der Waals surface area contributed by atoms with Crippen LogP contribution in [0.3, 0.4) is 0 Å². The molecule has 0 aromatic carbocycles. The molecule has 0 amide bonds. The van der Waals surface area contributed by atoms with Crippen LogP contribution in [0.1, 0.15) is 32.1 Å². The van der Waals surface area contributed by atoms with Gasteiger partial charge in [0.2, 0.25) is 0 Å². The van der Waals surface area contributed by atoms with Crippen molar-refractivity contribution < 1.29 is 0 Å². The van der Waals surface area contributed by atoms with Gasteiger partial charge in [-0.15, -0.1) is 6.58 Å². The van der Waals surface area contributed by atoms with Crippen molar-refractivity contribution in [3.8, 4) is 0 Å². The van der Waals surface area contributed by atoms with Crippen molar-refractivity contribution >= 4 is 0 Å². The molecule has 0 heterocycles. The summed E-state index contributed by atoms with van der Waals surface area (Å²) in [5, 5.41) is 3.26. The molecule has 1 aliphatic carbocycles. The Morgan fingerprint density at radius 2 is 1.83 bits per heavy atom. The largest absolute Gasteiger partial charge is 0.319 e. The second-order valence-electron chi connectivity index (χ2n) is 3.97. The molecular weight excluding hydrogens is 146 g/mol. The van der Waals surface area contributed by atoms with Crippen LogP contribution in [0.15, 0.2) is 12.7 Å². The second-order valence-corrected chi connectivity index (χ2v) is 3.97. The quantitative estimate of drug-likeness (QED) is 0.635. The molecule has 70 valence electrons. The van der Waals surface area contributed by atoms with E-state index in [1.165, 1.54) is 38.6 Å². The van der Waals surface area contributed by atoms with Crippen molar-refractivity contribution in [3.05, 3.63) is 12.7 Å². The van der Waals surface area contributed by atoms with E-state index in [4.69, 9.17) is 0 Å². The predicted molar refractivity (Wildman–Crippen MR) is 54.2 cm³/mol. The third kappa shape index (κ3) is 2.98. The highest BCUT2D eigenvalue weighted by Crippen LogP contribution is 2.30. The number of hydrogen-bond acceptors (Lipinski definition) is 1. The van der Waals surface area contributed by atoms with Gasteiger partial charge in [0.15, 0.2) is 0 Å². The average molecular weight is 167 g/mol. The Balaban J connectivity index is 2.15. The summed E-state index contributed by atoms with van der Waals surface area (Å²) in [4.78, 5) is 0. The van der Waals surface area contributed by atoms with Crippen molar-refractivity contribution in [1.82, 2.24) is 5.32 Å². The molecule has 0 atom stereocenters.